The Morgan fingerprint density at radius 3 is 3.00 bits per heavy atom. The van der Waals surface area contributed by atoms with Crippen LogP contribution in [0, 0.1) is 0 Å². The maximum absolute atomic E-state index is 10.0. The lowest BCUT2D eigenvalue weighted by atomic mass is 10.1. The molecule has 1 aromatic heterocycles. The molecule has 2 nitrogen and oxygen atoms in total. The van der Waals surface area contributed by atoms with Gasteiger partial charge in [-0.25, -0.2) is 0 Å². The van der Waals surface area contributed by atoms with Gasteiger partial charge in [-0.05, 0) is 30.9 Å². The summed E-state index contributed by atoms with van der Waals surface area (Å²) in [6, 6.07) is 1.91. The van der Waals surface area contributed by atoms with Gasteiger partial charge in [-0.3, -0.25) is 0 Å². The summed E-state index contributed by atoms with van der Waals surface area (Å²) < 4.78 is 5.09. The largest absolute Gasteiger partial charge is 0.496 e. The van der Waals surface area contributed by atoms with Crippen LogP contribution in [0.25, 0.3) is 0 Å². The van der Waals surface area contributed by atoms with Gasteiger partial charge in [-0.1, -0.05) is 6.08 Å². The fourth-order valence-electron chi connectivity index (χ4n) is 1.71. The number of aliphatic hydroxyl groups is 1. The van der Waals surface area contributed by atoms with Crippen LogP contribution in [-0.4, -0.2) is 12.2 Å². The molecule has 76 valence electrons. The Bertz CT molecular complexity index is 341. The van der Waals surface area contributed by atoms with Crippen molar-refractivity contribution in [3.05, 3.63) is 28.0 Å². The predicted octanol–water partition coefficient (Wildman–Crippen LogP) is 2.90. The predicted molar refractivity (Wildman–Crippen MR) is 57.8 cm³/mol. The van der Waals surface area contributed by atoms with E-state index in [-0.39, 0.29) is 0 Å². The minimum atomic E-state index is -0.411. The summed E-state index contributed by atoms with van der Waals surface area (Å²) >= 11 is 1.55. The molecule has 0 fully saturated rings. The van der Waals surface area contributed by atoms with E-state index in [2.05, 4.69) is 6.08 Å². The molecule has 0 saturated heterocycles. The lowest BCUT2D eigenvalue weighted by Crippen LogP contribution is -1.96. The third-order valence-electron chi connectivity index (χ3n) is 2.53. The van der Waals surface area contributed by atoms with Gasteiger partial charge >= 0.3 is 0 Å². The van der Waals surface area contributed by atoms with Gasteiger partial charge in [0.15, 0.2) is 0 Å². The molecule has 0 amide bonds. The van der Waals surface area contributed by atoms with E-state index in [0.29, 0.717) is 0 Å². The van der Waals surface area contributed by atoms with Crippen molar-refractivity contribution >= 4 is 11.3 Å². The summed E-state index contributed by atoms with van der Waals surface area (Å²) in [5, 5.41) is 11.9. The summed E-state index contributed by atoms with van der Waals surface area (Å²) in [6.45, 7) is 0. The van der Waals surface area contributed by atoms with Crippen molar-refractivity contribution in [3.63, 3.8) is 0 Å². The highest BCUT2D eigenvalue weighted by Crippen LogP contribution is 2.35. The van der Waals surface area contributed by atoms with E-state index in [1.807, 2.05) is 11.4 Å². The average molecular weight is 210 g/mol. The third kappa shape index (κ3) is 1.83. The molecule has 1 aromatic rings. The second-order valence-electron chi connectivity index (χ2n) is 3.46. The van der Waals surface area contributed by atoms with Gasteiger partial charge in [0.05, 0.1) is 7.11 Å². The van der Waals surface area contributed by atoms with Crippen molar-refractivity contribution in [2.45, 2.75) is 25.4 Å². The number of hydrogen-bond acceptors (Lipinski definition) is 3. The summed E-state index contributed by atoms with van der Waals surface area (Å²) in [6.07, 6.45) is 5.05. The van der Waals surface area contributed by atoms with Gasteiger partial charge in [0, 0.05) is 10.3 Å². The van der Waals surface area contributed by atoms with Crippen molar-refractivity contribution < 1.29 is 9.84 Å². The zero-order valence-corrected chi connectivity index (χ0v) is 9.01. The molecule has 14 heavy (non-hydrogen) atoms. The van der Waals surface area contributed by atoms with Gasteiger partial charge in [0.2, 0.25) is 0 Å². The van der Waals surface area contributed by atoms with Crippen LogP contribution in [0.1, 0.15) is 30.2 Å². The lowest BCUT2D eigenvalue weighted by molar-refractivity contribution is 0.216. The monoisotopic (exact) mass is 210 g/mol. The molecule has 1 atom stereocenters. The van der Waals surface area contributed by atoms with E-state index in [0.717, 1.165) is 29.0 Å². The zero-order valence-electron chi connectivity index (χ0n) is 8.19. The standard InChI is InChI=1S/C11H14O2S/c1-13-9-6-10(14-7-9)11(12)8-4-2-3-5-8/h4,6-7,11-12H,2-3,5H2,1H3. The summed E-state index contributed by atoms with van der Waals surface area (Å²) in [4.78, 5) is 0.981. The topological polar surface area (TPSA) is 29.5 Å². The van der Waals surface area contributed by atoms with Crippen LogP contribution in [0.3, 0.4) is 0 Å². The first-order valence-electron chi connectivity index (χ1n) is 4.80. The third-order valence-corrected chi connectivity index (χ3v) is 3.49. The smallest absolute Gasteiger partial charge is 0.129 e. The van der Waals surface area contributed by atoms with E-state index in [1.54, 1.807) is 18.4 Å². The molecule has 1 heterocycles. The van der Waals surface area contributed by atoms with Crippen molar-refractivity contribution in [2.75, 3.05) is 7.11 Å². The van der Waals surface area contributed by atoms with Gasteiger partial charge in [0.1, 0.15) is 11.9 Å². The second kappa shape index (κ2) is 4.15. The van der Waals surface area contributed by atoms with Crippen molar-refractivity contribution in [2.24, 2.45) is 0 Å². The Labute approximate surface area is 87.8 Å². The minimum Gasteiger partial charge on any atom is -0.496 e. The highest BCUT2D eigenvalue weighted by atomic mass is 32.1. The average Bonchev–Trinajstić information content (AvgIpc) is 2.88. The summed E-state index contributed by atoms with van der Waals surface area (Å²) in [7, 11) is 1.65. The number of allylic oxidation sites excluding steroid dienone is 1. The second-order valence-corrected chi connectivity index (χ2v) is 4.41. The van der Waals surface area contributed by atoms with Crippen LogP contribution in [0.15, 0.2) is 23.1 Å². The van der Waals surface area contributed by atoms with Gasteiger partial charge in [0.25, 0.3) is 0 Å². The number of thiophene rings is 1. The number of aliphatic hydroxyl groups excluding tert-OH is 1. The fraction of sp³-hybridized carbons (Fsp3) is 0.455. The van der Waals surface area contributed by atoms with Crippen LogP contribution in [-0.2, 0) is 0 Å². The SMILES string of the molecule is COc1csc(C(O)C2=CCCC2)c1. The Morgan fingerprint density at radius 2 is 2.43 bits per heavy atom. The Kier molecular flexibility index (Phi) is 2.89. The van der Waals surface area contributed by atoms with Gasteiger partial charge in [-0.2, -0.15) is 0 Å². The normalized spacial score (nSPS) is 18.0. The lowest BCUT2D eigenvalue weighted by Gasteiger charge is -2.08. The fourth-order valence-corrected chi connectivity index (χ4v) is 2.59. The highest BCUT2D eigenvalue weighted by Gasteiger charge is 2.17. The molecule has 0 bridgehead atoms. The molecule has 2 rings (SSSR count). The Balaban J connectivity index is 2.13. The van der Waals surface area contributed by atoms with E-state index < -0.39 is 6.10 Å². The van der Waals surface area contributed by atoms with Gasteiger partial charge in [-0.15, -0.1) is 11.3 Å². The van der Waals surface area contributed by atoms with Crippen molar-refractivity contribution in [1.29, 1.82) is 0 Å². The first kappa shape index (κ1) is 9.74. The molecular weight excluding hydrogens is 196 g/mol. The molecule has 1 aliphatic carbocycles. The zero-order chi connectivity index (χ0) is 9.97. The van der Waals surface area contributed by atoms with E-state index in [1.165, 1.54) is 6.42 Å². The van der Waals surface area contributed by atoms with E-state index in [4.69, 9.17) is 4.74 Å². The molecule has 1 N–H and O–H groups in total. The molecule has 0 aliphatic heterocycles. The molecule has 1 aliphatic rings. The highest BCUT2D eigenvalue weighted by molar-refractivity contribution is 7.10. The van der Waals surface area contributed by atoms with Gasteiger partial charge < -0.3 is 9.84 Å². The van der Waals surface area contributed by atoms with Crippen LogP contribution in [0.2, 0.25) is 0 Å². The van der Waals surface area contributed by atoms with E-state index in [9.17, 15) is 5.11 Å². The van der Waals surface area contributed by atoms with Crippen LogP contribution < -0.4 is 4.74 Å². The first-order chi connectivity index (χ1) is 6.81. The first-order valence-corrected chi connectivity index (χ1v) is 5.68. The molecule has 0 spiro atoms. The number of rotatable bonds is 3. The van der Waals surface area contributed by atoms with Crippen molar-refractivity contribution in [3.8, 4) is 5.75 Å². The Morgan fingerprint density at radius 1 is 1.57 bits per heavy atom. The Hall–Kier alpha value is -0.800. The summed E-state index contributed by atoms with van der Waals surface area (Å²) in [5.41, 5.74) is 1.16. The number of ether oxygens (including phenoxy) is 1. The maximum Gasteiger partial charge on any atom is 0.129 e. The van der Waals surface area contributed by atoms with E-state index >= 15 is 0 Å². The van der Waals surface area contributed by atoms with Crippen LogP contribution in [0.4, 0.5) is 0 Å². The minimum absolute atomic E-state index is 0.411. The molecule has 0 saturated carbocycles. The maximum atomic E-state index is 10.0. The quantitative estimate of drug-likeness (QED) is 0.777. The van der Waals surface area contributed by atoms with Crippen molar-refractivity contribution in [1.82, 2.24) is 0 Å². The molecule has 0 aromatic carbocycles. The molecule has 1 unspecified atom stereocenters. The summed E-state index contributed by atoms with van der Waals surface area (Å²) in [5.74, 6) is 0.836. The molecule has 0 radical (unpaired) electrons. The molecular formula is C11H14O2S. The molecule has 3 heteroatoms. The number of methoxy groups -OCH3 is 1. The van der Waals surface area contributed by atoms with Crippen LogP contribution in [0.5, 0.6) is 5.75 Å². The number of hydrogen-bond donors (Lipinski definition) is 1. The van der Waals surface area contributed by atoms with Crippen LogP contribution >= 0.6 is 11.3 Å².